The molecule has 4 nitrogen and oxygen atoms in total. The minimum absolute atomic E-state index is 0.268. The molecule has 0 fully saturated rings. The lowest BCUT2D eigenvalue weighted by atomic mass is 10.1. The first kappa shape index (κ1) is 19.0. The molecule has 0 saturated heterocycles. The number of ether oxygens (including phenoxy) is 2. The molecule has 1 heterocycles. The quantitative estimate of drug-likeness (QED) is 0.495. The lowest BCUT2D eigenvalue weighted by Gasteiger charge is -2.09. The zero-order valence-electron chi connectivity index (χ0n) is 16.3. The first-order chi connectivity index (χ1) is 13.2. The summed E-state index contributed by atoms with van der Waals surface area (Å²) in [6.07, 6.45) is 2.17. The highest BCUT2D eigenvalue weighted by Gasteiger charge is 2.21. The summed E-state index contributed by atoms with van der Waals surface area (Å²) in [6, 6.07) is 16.0. The topological polar surface area (TPSA) is 40.5 Å². The van der Waals surface area contributed by atoms with Crippen LogP contribution in [0.1, 0.15) is 48.3 Å². The molecule has 2 aromatic carbocycles. The molecular weight excluding hydrogens is 338 g/mol. The molecule has 0 N–H and O–H groups in total. The van der Waals surface area contributed by atoms with E-state index in [1.54, 1.807) is 0 Å². The Morgan fingerprint density at radius 3 is 2.56 bits per heavy atom. The van der Waals surface area contributed by atoms with Crippen molar-refractivity contribution in [1.82, 2.24) is 4.57 Å². The maximum Gasteiger partial charge on any atom is 0.340 e. The number of carbonyl (C=O) groups is 1. The van der Waals surface area contributed by atoms with E-state index >= 15 is 0 Å². The van der Waals surface area contributed by atoms with Gasteiger partial charge in [0.25, 0.3) is 0 Å². The Balaban J connectivity index is 1.97. The van der Waals surface area contributed by atoms with Crippen molar-refractivity contribution in [3.8, 4) is 5.75 Å². The molecule has 0 aliphatic rings. The Hall–Kier alpha value is -2.75. The van der Waals surface area contributed by atoms with Crippen LogP contribution in [0, 0.1) is 6.92 Å². The lowest BCUT2D eigenvalue weighted by molar-refractivity contribution is 0.0527. The first-order valence-corrected chi connectivity index (χ1v) is 9.62. The Morgan fingerprint density at radius 1 is 1.07 bits per heavy atom. The number of carbonyl (C=O) groups excluding carboxylic acids is 1. The van der Waals surface area contributed by atoms with E-state index in [1.807, 2.05) is 62.4 Å². The van der Waals surface area contributed by atoms with Gasteiger partial charge in [0.1, 0.15) is 12.4 Å². The highest BCUT2D eigenvalue weighted by atomic mass is 16.5. The third kappa shape index (κ3) is 4.16. The van der Waals surface area contributed by atoms with Crippen molar-refractivity contribution in [2.45, 2.75) is 46.8 Å². The summed E-state index contributed by atoms with van der Waals surface area (Å²) in [6.45, 7) is 7.75. The van der Waals surface area contributed by atoms with E-state index in [0.717, 1.165) is 47.3 Å². The molecule has 1 aromatic heterocycles. The summed E-state index contributed by atoms with van der Waals surface area (Å²) in [4.78, 5) is 12.6. The number of rotatable bonds is 8. The van der Waals surface area contributed by atoms with Crippen LogP contribution in [0.3, 0.4) is 0 Å². The van der Waals surface area contributed by atoms with Gasteiger partial charge in [0.05, 0.1) is 12.2 Å². The number of benzene rings is 2. The number of fused-ring (bicyclic) bond motifs is 1. The molecule has 0 bridgehead atoms. The van der Waals surface area contributed by atoms with E-state index in [-0.39, 0.29) is 5.97 Å². The van der Waals surface area contributed by atoms with E-state index in [9.17, 15) is 4.79 Å². The van der Waals surface area contributed by atoms with Gasteiger partial charge < -0.3 is 14.0 Å². The highest BCUT2D eigenvalue weighted by Crippen LogP contribution is 2.31. The summed E-state index contributed by atoms with van der Waals surface area (Å²) in [5, 5.41) is 0.896. The maximum absolute atomic E-state index is 12.6. The van der Waals surface area contributed by atoms with E-state index in [0.29, 0.717) is 18.8 Å². The van der Waals surface area contributed by atoms with Crippen LogP contribution in [0.15, 0.2) is 48.5 Å². The van der Waals surface area contributed by atoms with Crippen molar-refractivity contribution >= 4 is 16.9 Å². The molecule has 142 valence electrons. The zero-order valence-corrected chi connectivity index (χ0v) is 16.3. The molecular formula is C23H27NO3. The second-order valence-electron chi connectivity index (χ2n) is 6.64. The molecule has 0 amide bonds. The second-order valence-corrected chi connectivity index (χ2v) is 6.64. The minimum Gasteiger partial charge on any atom is -0.489 e. The Bertz CT molecular complexity index is 912. The zero-order chi connectivity index (χ0) is 19.2. The fourth-order valence-electron chi connectivity index (χ4n) is 3.36. The lowest BCUT2D eigenvalue weighted by Crippen LogP contribution is -2.07. The maximum atomic E-state index is 12.6. The largest absolute Gasteiger partial charge is 0.489 e. The third-order valence-corrected chi connectivity index (χ3v) is 4.76. The van der Waals surface area contributed by atoms with E-state index in [4.69, 9.17) is 9.47 Å². The van der Waals surface area contributed by atoms with Crippen LogP contribution in [-0.4, -0.2) is 17.1 Å². The number of hydrogen-bond donors (Lipinski definition) is 0. The molecule has 3 rings (SSSR count). The molecule has 0 unspecified atom stereocenters. The molecule has 4 heteroatoms. The highest BCUT2D eigenvalue weighted by molar-refractivity contribution is 6.06. The molecule has 0 spiro atoms. The van der Waals surface area contributed by atoms with Gasteiger partial charge in [0.2, 0.25) is 0 Å². The van der Waals surface area contributed by atoms with Crippen LogP contribution in [0.25, 0.3) is 10.9 Å². The number of esters is 1. The third-order valence-electron chi connectivity index (χ3n) is 4.76. The van der Waals surface area contributed by atoms with Crippen LogP contribution in [0.4, 0.5) is 0 Å². The van der Waals surface area contributed by atoms with Crippen LogP contribution < -0.4 is 4.74 Å². The Kier molecular flexibility index (Phi) is 6.17. The summed E-state index contributed by atoms with van der Waals surface area (Å²) < 4.78 is 13.5. The SMILES string of the molecule is CCCCn1c(C)c(C(=O)OCC)c2cc(OCc3ccccc3)ccc21. The van der Waals surface area contributed by atoms with Gasteiger partial charge in [-0.05, 0) is 44.0 Å². The molecule has 27 heavy (non-hydrogen) atoms. The van der Waals surface area contributed by atoms with Crippen molar-refractivity contribution in [3.63, 3.8) is 0 Å². The fourth-order valence-corrected chi connectivity index (χ4v) is 3.36. The first-order valence-electron chi connectivity index (χ1n) is 9.62. The fraction of sp³-hybridized carbons (Fsp3) is 0.348. The van der Waals surface area contributed by atoms with Gasteiger partial charge in [-0.15, -0.1) is 0 Å². The smallest absolute Gasteiger partial charge is 0.340 e. The van der Waals surface area contributed by atoms with Crippen molar-refractivity contribution in [3.05, 3.63) is 65.4 Å². The van der Waals surface area contributed by atoms with Gasteiger partial charge >= 0.3 is 5.97 Å². The second kappa shape index (κ2) is 8.76. The van der Waals surface area contributed by atoms with Gasteiger partial charge in [-0.2, -0.15) is 0 Å². The number of unbranched alkanes of at least 4 members (excludes halogenated alkanes) is 1. The molecule has 0 aliphatic carbocycles. The normalized spacial score (nSPS) is 10.9. The molecule has 0 aliphatic heterocycles. The predicted octanol–water partition coefficient (Wildman–Crippen LogP) is 5.51. The standard InChI is InChI=1S/C23H27NO3/c1-4-6-14-24-17(3)22(23(25)26-5-2)20-15-19(12-13-21(20)24)27-16-18-10-8-7-9-11-18/h7-13,15H,4-6,14,16H2,1-3H3. The molecule has 0 radical (unpaired) electrons. The number of hydrogen-bond acceptors (Lipinski definition) is 3. The van der Waals surface area contributed by atoms with Crippen LogP contribution in [-0.2, 0) is 17.9 Å². The molecule has 3 aromatic rings. The van der Waals surface area contributed by atoms with Crippen molar-refractivity contribution in [2.24, 2.45) is 0 Å². The van der Waals surface area contributed by atoms with Gasteiger partial charge in [-0.25, -0.2) is 4.79 Å². The minimum atomic E-state index is -0.268. The Labute approximate surface area is 160 Å². The summed E-state index contributed by atoms with van der Waals surface area (Å²) in [7, 11) is 0. The van der Waals surface area contributed by atoms with Gasteiger partial charge in [-0.3, -0.25) is 0 Å². The predicted molar refractivity (Wildman–Crippen MR) is 108 cm³/mol. The molecule has 0 atom stereocenters. The number of aromatic nitrogens is 1. The average molecular weight is 365 g/mol. The van der Waals surface area contributed by atoms with Crippen LogP contribution >= 0.6 is 0 Å². The van der Waals surface area contributed by atoms with E-state index in [1.165, 1.54) is 0 Å². The summed E-state index contributed by atoms with van der Waals surface area (Å²) >= 11 is 0. The summed E-state index contributed by atoms with van der Waals surface area (Å²) in [5.74, 6) is 0.486. The monoisotopic (exact) mass is 365 g/mol. The van der Waals surface area contributed by atoms with Crippen LogP contribution in [0.5, 0.6) is 5.75 Å². The molecule has 0 saturated carbocycles. The van der Waals surface area contributed by atoms with Crippen molar-refractivity contribution in [1.29, 1.82) is 0 Å². The Morgan fingerprint density at radius 2 is 1.85 bits per heavy atom. The average Bonchev–Trinajstić information content (AvgIpc) is 2.96. The number of aryl methyl sites for hydroxylation is 1. The van der Waals surface area contributed by atoms with Crippen LogP contribution in [0.2, 0.25) is 0 Å². The van der Waals surface area contributed by atoms with Gasteiger partial charge in [0, 0.05) is 23.1 Å². The van der Waals surface area contributed by atoms with Crippen molar-refractivity contribution < 1.29 is 14.3 Å². The summed E-state index contributed by atoms with van der Waals surface area (Å²) in [5.41, 5.74) is 3.76. The van der Waals surface area contributed by atoms with E-state index in [2.05, 4.69) is 11.5 Å². The van der Waals surface area contributed by atoms with Crippen molar-refractivity contribution in [2.75, 3.05) is 6.61 Å². The number of nitrogens with zero attached hydrogens (tertiary/aromatic N) is 1. The van der Waals surface area contributed by atoms with Gasteiger partial charge in [-0.1, -0.05) is 43.7 Å². The van der Waals surface area contributed by atoms with E-state index < -0.39 is 0 Å². The van der Waals surface area contributed by atoms with Gasteiger partial charge in [0.15, 0.2) is 0 Å².